The number of hydrogen-bond acceptors (Lipinski definition) is 3. The van der Waals surface area contributed by atoms with Gasteiger partial charge in [-0.05, 0) is 38.8 Å². The van der Waals surface area contributed by atoms with E-state index in [1.54, 1.807) is 6.20 Å². The molecule has 3 aliphatic rings. The molecule has 19 heavy (non-hydrogen) atoms. The molecule has 4 rings (SSSR count). The fourth-order valence-electron chi connectivity index (χ4n) is 3.33. The standard InChI is InChI=1S/C14H22N4O/c1-11-15-4-8-18(11)9-5-16-14(19)13-10-17-6-2-12(13)3-7-17/h4,8,12-13H,2-3,5-7,9-10H2,1H3,(H,16,19). The van der Waals surface area contributed by atoms with Gasteiger partial charge in [0.05, 0.1) is 5.92 Å². The Labute approximate surface area is 114 Å². The highest BCUT2D eigenvalue weighted by molar-refractivity contribution is 5.79. The number of nitrogens with one attached hydrogen (secondary N) is 1. The monoisotopic (exact) mass is 262 g/mol. The molecule has 5 nitrogen and oxygen atoms in total. The first-order valence-corrected chi connectivity index (χ1v) is 7.22. The average molecular weight is 262 g/mol. The Morgan fingerprint density at radius 1 is 1.47 bits per heavy atom. The lowest BCUT2D eigenvalue weighted by atomic mass is 9.78. The molecule has 5 heteroatoms. The summed E-state index contributed by atoms with van der Waals surface area (Å²) in [6.45, 7) is 6.80. The van der Waals surface area contributed by atoms with Crippen molar-refractivity contribution in [2.45, 2.75) is 26.3 Å². The molecule has 3 saturated heterocycles. The number of imidazole rings is 1. The fraction of sp³-hybridized carbons (Fsp3) is 0.714. The van der Waals surface area contributed by atoms with Gasteiger partial charge in [-0.15, -0.1) is 0 Å². The molecule has 1 aromatic rings. The maximum absolute atomic E-state index is 12.2. The van der Waals surface area contributed by atoms with Gasteiger partial charge in [0, 0.05) is 32.0 Å². The number of amides is 1. The summed E-state index contributed by atoms with van der Waals surface area (Å²) < 4.78 is 2.07. The molecule has 3 fully saturated rings. The van der Waals surface area contributed by atoms with Crippen molar-refractivity contribution in [1.82, 2.24) is 19.8 Å². The van der Waals surface area contributed by atoms with Crippen LogP contribution in [-0.2, 0) is 11.3 Å². The zero-order chi connectivity index (χ0) is 13.2. The molecule has 4 heterocycles. The summed E-state index contributed by atoms with van der Waals surface area (Å²) in [5.41, 5.74) is 0. The first-order valence-electron chi connectivity index (χ1n) is 7.22. The van der Waals surface area contributed by atoms with E-state index in [0.717, 1.165) is 18.9 Å². The molecule has 0 aromatic carbocycles. The Balaban J connectivity index is 1.48. The fourth-order valence-corrected chi connectivity index (χ4v) is 3.33. The summed E-state index contributed by atoms with van der Waals surface area (Å²) >= 11 is 0. The minimum Gasteiger partial charge on any atom is -0.354 e. The number of carbonyl (C=O) groups is 1. The lowest BCUT2D eigenvalue weighted by molar-refractivity contribution is -0.131. The molecule has 1 amide bonds. The van der Waals surface area contributed by atoms with Crippen LogP contribution in [0, 0.1) is 18.8 Å². The predicted molar refractivity (Wildman–Crippen MR) is 72.6 cm³/mol. The minimum absolute atomic E-state index is 0.214. The van der Waals surface area contributed by atoms with E-state index in [4.69, 9.17) is 0 Å². The molecule has 104 valence electrons. The second-order valence-electron chi connectivity index (χ2n) is 5.70. The summed E-state index contributed by atoms with van der Waals surface area (Å²) in [5.74, 6) is 2.07. The van der Waals surface area contributed by atoms with Gasteiger partial charge in [0.1, 0.15) is 5.82 Å². The first kappa shape index (κ1) is 12.7. The molecule has 1 aromatic heterocycles. The molecule has 0 radical (unpaired) electrons. The van der Waals surface area contributed by atoms with Crippen molar-refractivity contribution in [3.8, 4) is 0 Å². The van der Waals surface area contributed by atoms with E-state index in [2.05, 4.69) is 19.8 Å². The number of aromatic nitrogens is 2. The number of carbonyl (C=O) groups excluding carboxylic acids is 1. The molecule has 0 saturated carbocycles. The summed E-state index contributed by atoms with van der Waals surface area (Å²) in [6.07, 6.45) is 6.14. The highest BCUT2D eigenvalue weighted by Crippen LogP contribution is 2.32. The Morgan fingerprint density at radius 3 is 2.84 bits per heavy atom. The number of piperidine rings is 3. The van der Waals surface area contributed by atoms with Gasteiger partial charge in [-0.25, -0.2) is 4.98 Å². The number of aryl methyl sites for hydroxylation is 1. The van der Waals surface area contributed by atoms with Crippen LogP contribution in [0.1, 0.15) is 18.7 Å². The largest absolute Gasteiger partial charge is 0.354 e. The van der Waals surface area contributed by atoms with E-state index in [1.807, 2.05) is 13.1 Å². The van der Waals surface area contributed by atoms with Gasteiger partial charge < -0.3 is 14.8 Å². The maximum Gasteiger partial charge on any atom is 0.224 e. The number of hydrogen-bond donors (Lipinski definition) is 1. The zero-order valence-corrected chi connectivity index (χ0v) is 11.5. The van der Waals surface area contributed by atoms with Crippen LogP contribution in [0.4, 0.5) is 0 Å². The molecule has 1 N–H and O–H groups in total. The summed E-state index contributed by atoms with van der Waals surface area (Å²) in [5, 5.41) is 3.09. The summed E-state index contributed by atoms with van der Waals surface area (Å²) in [7, 11) is 0. The third-order valence-electron chi connectivity index (χ3n) is 4.57. The van der Waals surface area contributed by atoms with Crippen molar-refractivity contribution in [2.75, 3.05) is 26.2 Å². The third kappa shape index (κ3) is 2.66. The van der Waals surface area contributed by atoms with E-state index in [9.17, 15) is 4.79 Å². The average Bonchev–Trinajstić information content (AvgIpc) is 2.85. The van der Waals surface area contributed by atoms with Crippen LogP contribution in [0.25, 0.3) is 0 Å². The molecule has 0 spiro atoms. The van der Waals surface area contributed by atoms with Crippen molar-refractivity contribution in [2.24, 2.45) is 11.8 Å². The highest BCUT2D eigenvalue weighted by Gasteiger charge is 2.37. The van der Waals surface area contributed by atoms with Crippen molar-refractivity contribution in [1.29, 1.82) is 0 Å². The van der Waals surface area contributed by atoms with Crippen molar-refractivity contribution in [3.63, 3.8) is 0 Å². The maximum atomic E-state index is 12.2. The van der Waals surface area contributed by atoms with Gasteiger partial charge in [0.15, 0.2) is 0 Å². The lowest BCUT2D eigenvalue weighted by Gasteiger charge is -2.43. The number of fused-ring (bicyclic) bond motifs is 3. The van der Waals surface area contributed by atoms with E-state index >= 15 is 0 Å². The minimum atomic E-state index is 0.214. The van der Waals surface area contributed by atoms with E-state index < -0.39 is 0 Å². The zero-order valence-electron chi connectivity index (χ0n) is 11.5. The summed E-state index contributed by atoms with van der Waals surface area (Å²) in [6, 6.07) is 0. The number of nitrogens with zero attached hydrogens (tertiary/aromatic N) is 3. The first-order chi connectivity index (χ1) is 9.24. The van der Waals surface area contributed by atoms with Crippen LogP contribution in [0.2, 0.25) is 0 Å². The lowest BCUT2D eigenvalue weighted by Crippen LogP contribution is -2.52. The van der Waals surface area contributed by atoms with Crippen molar-refractivity contribution >= 4 is 5.91 Å². The molecular formula is C14H22N4O. The normalized spacial score (nSPS) is 29.4. The van der Waals surface area contributed by atoms with Crippen LogP contribution < -0.4 is 5.32 Å². The molecule has 0 aliphatic carbocycles. The molecule has 2 bridgehead atoms. The van der Waals surface area contributed by atoms with Gasteiger partial charge >= 0.3 is 0 Å². The Hall–Kier alpha value is -1.36. The van der Waals surface area contributed by atoms with E-state index in [-0.39, 0.29) is 11.8 Å². The highest BCUT2D eigenvalue weighted by atomic mass is 16.1. The van der Waals surface area contributed by atoms with Gasteiger partial charge in [-0.3, -0.25) is 4.79 Å². The molecular weight excluding hydrogens is 240 g/mol. The quantitative estimate of drug-likeness (QED) is 0.867. The second-order valence-corrected chi connectivity index (χ2v) is 5.70. The van der Waals surface area contributed by atoms with Gasteiger partial charge in [0.25, 0.3) is 0 Å². The van der Waals surface area contributed by atoms with Crippen LogP contribution >= 0.6 is 0 Å². The Kier molecular flexibility index (Phi) is 3.55. The third-order valence-corrected chi connectivity index (χ3v) is 4.57. The van der Waals surface area contributed by atoms with Crippen molar-refractivity contribution < 1.29 is 4.79 Å². The Bertz CT molecular complexity index is 448. The summed E-state index contributed by atoms with van der Waals surface area (Å²) in [4.78, 5) is 18.8. The van der Waals surface area contributed by atoms with Gasteiger partial charge in [-0.1, -0.05) is 0 Å². The van der Waals surface area contributed by atoms with Crippen LogP contribution in [0.15, 0.2) is 12.4 Å². The molecule has 1 unspecified atom stereocenters. The predicted octanol–water partition coefficient (Wildman–Crippen LogP) is 0.650. The van der Waals surface area contributed by atoms with E-state index in [0.29, 0.717) is 12.5 Å². The smallest absolute Gasteiger partial charge is 0.224 e. The topological polar surface area (TPSA) is 50.2 Å². The SMILES string of the molecule is Cc1nccn1CCNC(=O)C1CN2CCC1CC2. The van der Waals surface area contributed by atoms with Crippen LogP contribution in [0.3, 0.4) is 0 Å². The Morgan fingerprint density at radius 2 is 2.26 bits per heavy atom. The second kappa shape index (κ2) is 5.33. The van der Waals surface area contributed by atoms with Crippen LogP contribution in [-0.4, -0.2) is 46.5 Å². The van der Waals surface area contributed by atoms with E-state index in [1.165, 1.54) is 25.9 Å². The number of rotatable bonds is 4. The van der Waals surface area contributed by atoms with Gasteiger partial charge in [-0.2, -0.15) is 0 Å². The molecule has 3 aliphatic heterocycles. The van der Waals surface area contributed by atoms with Crippen LogP contribution in [0.5, 0.6) is 0 Å². The van der Waals surface area contributed by atoms with Crippen molar-refractivity contribution in [3.05, 3.63) is 18.2 Å². The molecule has 1 atom stereocenters. The van der Waals surface area contributed by atoms with Gasteiger partial charge in [0.2, 0.25) is 5.91 Å².